The highest BCUT2D eigenvalue weighted by atomic mass is 35.5. The maximum atomic E-state index is 13.6. The Morgan fingerprint density at radius 3 is 2.24 bits per heavy atom. The van der Waals surface area contributed by atoms with E-state index in [2.05, 4.69) is 0 Å². The summed E-state index contributed by atoms with van der Waals surface area (Å²) in [6, 6.07) is 6.85. The van der Waals surface area contributed by atoms with Crippen LogP contribution < -0.4 is 10.0 Å². The second-order valence-corrected chi connectivity index (χ2v) is 11.7. The Hall–Kier alpha value is -2.02. The molecule has 0 aliphatic carbocycles. The van der Waals surface area contributed by atoms with E-state index in [0.717, 1.165) is 21.3 Å². The fourth-order valence-corrected chi connectivity index (χ4v) is 6.65. The van der Waals surface area contributed by atoms with E-state index >= 15 is 0 Å². The molecule has 2 aromatic carbocycles. The molecule has 3 rings (SSSR count). The first-order chi connectivity index (χ1) is 15.3. The van der Waals surface area contributed by atoms with Gasteiger partial charge in [0.25, 0.3) is 5.91 Å². The number of imide groups is 1. The smallest absolute Gasteiger partial charge is 0.252 e. The lowest BCUT2D eigenvalue weighted by atomic mass is 10.2. The van der Waals surface area contributed by atoms with Crippen molar-refractivity contribution >= 4 is 60.8 Å². The zero-order valence-corrected chi connectivity index (χ0v) is 20.7. The minimum absolute atomic E-state index is 0.0695. The van der Waals surface area contributed by atoms with Gasteiger partial charge in [-0.3, -0.25) is 9.59 Å². The van der Waals surface area contributed by atoms with Crippen LogP contribution in [0.25, 0.3) is 0 Å². The first-order valence-corrected chi connectivity index (χ1v) is 13.5. The number of nitrogens with zero attached hydrogens (tertiary/aromatic N) is 2. The molecule has 13 heteroatoms. The zero-order chi connectivity index (χ0) is 24.7. The second kappa shape index (κ2) is 9.32. The summed E-state index contributed by atoms with van der Waals surface area (Å²) >= 11 is 12.1. The molecule has 0 aromatic heterocycles. The summed E-state index contributed by atoms with van der Waals surface area (Å²) in [6.07, 6.45) is -0.0318. The summed E-state index contributed by atoms with van der Waals surface area (Å²) in [5.41, 5.74) is 0.0992. The standard InChI is InChI=1S/C20H21Cl2N3O6S2/c1-3-12(2)25(33(30,31)18-10-13(21)4-9-16(18)22)17-11-19(26)24(20(17)27)14-5-7-15(8-6-14)32(23,28)29/h4-10,12,17H,3,11H2,1-2H3,(H2,23,28,29). The average molecular weight is 534 g/mol. The van der Waals surface area contributed by atoms with Gasteiger partial charge in [0.1, 0.15) is 10.9 Å². The van der Waals surface area contributed by atoms with Gasteiger partial charge in [-0.15, -0.1) is 0 Å². The van der Waals surface area contributed by atoms with Gasteiger partial charge in [0.05, 0.1) is 22.0 Å². The van der Waals surface area contributed by atoms with E-state index in [1.165, 1.54) is 30.3 Å². The van der Waals surface area contributed by atoms with Crippen molar-refractivity contribution < 1.29 is 26.4 Å². The number of benzene rings is 2. The van der Waals surface area contributed by atoms with E-state index in [9.17, 15) is 26.4 Å². The van der Waals surface area contributed by atoms with Gasteiger partial charge in [-0.2, -0.15) is 4.31 Å². The number of hydrogen-bond donors (Lipinski definition) is 1. The highest BCUT2D eigenvalue weighted by Crippen LogP contribution is 2.34. The second-order valence-electron chi connectivity index (χ2n) is 7.49. The Kier molecular flexibility index (Phi) is 7.23. The molecule has 0 spiro atoms. The number of nitrogens with two attached hydrogens (primary N) is 1. The van der Waals surface area contributed by atoms with E-state index in [0.29, 0.717) is 6.42 Å². The van der Waals surface area contributed by atoms with Crippen LogP contribution in [0.5, 0.6) is 0 Å². The van der Waals surface area contributed by atoms with Gasteiger partial charge in [-0.05, 0) is 55.8 Å². The zero-order valence-electron chi connectivity index (χ0n) is 17.6. The lowest BCUT2D eigenvalue weighted by Crippen LogP contribution is -2.49. The quantitative estimate of drug-likeness (QED) is 0.543. The number of anilines is 1. The van der Waals surface area contributed by atoms with Crippen LogP contribution in [0.1, 0.15) is 26.7 Å². The monoisotopic (exact) mass is 533 g/mol. The predicted octanol–water partition coefficient (Wildman–Crippen LogP) is 2.76. The molecule has 178 valence electrons. The van der Waals surface area contributed by atoms with Crippen molar-refractivity contribution in [3.8, 4) is 0 Å². The van der Waals surface area contributed by atoms with Crippen LogP contribution in [0, 0.1) is 0 Å². The van der Waals surface area contributed by atoms with Crippen LogP contribution in [0.2, 0.25) is 10.0 Å². The van der Waals surface area contributed by atoms with Crippen molar-refractivity contribution in [2.75, 3.05) is 4.90 Å². The number of sulfonamides is 2. The van der Waals surface area contributed by atoms with Crippen LogP contribution in [-0.4, -0.2) is 45.0 Å². The third kappa shape index (κ3) is 4.93. The van der Waals surface area contributed by atoms with Gasteiger partial charge in [0.2, 0.25) is 26.0 Å². The number of halogens is 2. The fourth-order valence-electron chi connectivity index (χ4n) is 3.55. The van der Waals surface area contributed by atoms with E-state index in [-0.39, 0.29) is 25.5 Å². The molecule has 2 unspecified atom stereocenters. The lowest BCUT2D eigenvalue weighted by molar-refractivity contribution is -0.122. The molecular weight excluding hydrogens is 513 g/mol. The Morgan fingerprint density at radius 1 is 1.09 bits per heavy atom. The van der Waals surface area contributed by atoms with Crippen molar-refractivity contribution in [3.63, 3.8) is 0 Å². The summed E-state index contributed by atoms with van der Waals surface area (Å²) in [5.74, 6) is -1.39. The molecule has 1 fully saturated rings. The van der Waals surface area contributed by atoms with Gasteiger partial charge in [-0.1, -0.05) is 30.1 Å². The summed E-state index contributed by atoms with van der Waals surface area (Å²) in [5, 5.41) is 5.16. The third-order valence-corrected chi connectivity index (χ3v) is 9.00. The normalized spacial score (nSPS) is 18.2. The Labute approximate surface area is 202 Å². The number of carbonyl (C=O) groups is 2. The molecule has 0 saturated carbocycles. The van der Waals surface area contributed by atoms with Crippen LogP contribution in [0.3, 0.4) is 0 Å². The maximum absolute atomic E-state index is 13.6. The van der Waals surface area contributed by atoms with Gasteiger partial charge >= 0.3 is 0 Å². The Balaban J connectivity index is 2.04. The fraction of sp³-hybridized carbons (Fsp3) is 0.300. The minimum Gasteiger partial charge on any atom is -0.274 e. The third-order valence-electron chi connectivity index (χ3n) is 5.33. The summed E-state index contributed by atoms with van der Waals surface area (Å²) < 4.78 is 51.1. The lowest BCUT2D eigenvalue weighted by Gasteiger charge is -2.32. The van der Waals surface area contributed by atoms with E-state index < -0.39 is 50.4 Å². The van der Waals surface area contributed by atoms with Crippen molar-refractivity contribution in [1.29, 1.82) is 0 Å². The summed E-state index contributed by atoms with van der Waals surface area (Å²) in [4.78, 5) is 26.4. The number of primary sulfonamides is 1. The van der Waals surface area contributed by atoms with Crippen molar-refractivity contribution in [2.24, 2.45) is 5.14 Å². The molecule has 9 nitrogen and oxygen atoms in total. The maximum Gasteiger partial charge on any atom is 0.252 e. The van der Waals surface area contributed by atoms with E-state index in [1.807, 2.05) is 0 Å². The molecule has 2 amide bonds. The first kappa shape index (κ1) is 25.6. The highest BCUT2D eigenvalue weighted by Gasteiger charge is 2.48. The first-order valence-electron chi connectivity index (χ1n) is 9.77. The summed E-state index contributed by atoms with van der Waals surface area (Å²) in [7, 11) is -8.28. The largest absolute Gasteiger partial charge is 0.274 e. The predicted molar refractivity (Wildman–Crippen MR) is 124 cm³/mol. The van der Waals surface area contributed by atoms with Gasteiger partial charge in [0, 0.05) is 11.1 Å². The van der Waals surface area contributed by atoms with Gasteiger partial charge < -0.3 is 0 Å². The molecule has 1 saturated heterocycles. The molecule has 2 atom stereocenters. The highest BCUT2D eigenvalue weighted by molar-refractivity contribution is 7.89. The van der Waals surface area contributed by atoms with Crippen molar-refractivity contribution in [1.82, 2.24) is 4.31 Å². The van der Waals surface area contributed by atoms with Crippen LogP contribution in [0.15, 0.2) is 52.3 Å². The molecule has 0 bridgehead atoms. The van der Waals surface area contributed by atoms with Gasteiger partial charge in [0.15, 0.2) is 0 Å². The van der Waals surface area contributed by atoms with Crippen LogP contribution in [-0.2, 0) is 29.6 Å². The number of rotatable bonds is 7. The topological polar surface area (TPSA) is 135 Å². The molecule has 1 heterocycles. The average Bonchev–Trinajstić information content (AvgIpc) is 3.02. The number of carbonyl (C=O) groups excluding carboxylic acids is 2. The van der Waals surface area contributed by atoms with Crippen LogP contribution >= 0.6 is 23.2 Å². The molecule has 33 heavy (non-hydrogen) atoms. The number of hydrogen-bond acceptors (Lipinski definition) is 6. The van der Waals surface area contributed by atoms with Gasteiger partial charge in [-0.25, -0.2) is 26.9 Å². The van der Waals surface area contributed by atoms with E-state index in [4.69, 9.17) is 28.3 Å². The molecule has 2 N–H and O–H groups in total. The molecule has 2 aromatic rings. The van der Waals surface area contributed by atoms with Crippen molar-refractivity contribution in [2.45, 2.75) is 48.6 Å². The SMILES string of the molecule is CCC(C)N(C1CC(=O)N(c2ccc(S(N)(=O)=O)cc2)C1=O)S(=O)(=O)c1cc(Cl)ccc1Cl. The van der Waals surface area contributed by atoms with Crippen LogP contribution in [0.4, 0.5) is 5.69 Å². The molecule has 0 radical (unpaired) electrons. The molecule has 1 aliphatic rings. The molecular formula is C20H21Cl2N3O6S2. The van der Waals surface area contributed by atoms with Crippen molar-refractivity contribution in [3.05, 3.63) is 52.5 Å². The number of amides is 2. The summed E-state index contributed by atoms with van der Waals surface area (Å²) in [6.45, 7) is 3.37. The van der Waals surface area contributed by atoms with E-state index in [1.54, 1.807) is 13.8 Å². The molecule has 1 aliphatic heterocycles. The Morgan fingerprint density at radius 2 is 1.70 bits per heavy atom. The Bertz CT molecular complexity index is 1310. The minimum atomic E-state index is -4.32.